The second kappa shape index (κ2) is 11.1. The lowest BCUT2D eigenvalue weighted by Gasteiger charge is -2.12. The second-order valence-electron chi connectivity index (χ2n) is 7.73. The Balaban J connectivity index is 1.59. The predicted molar refractivity (Wildman–Crippen MR) is 122 cm³/mol. The first kappa shape index (κ1) is 27.2. The van der Waals surface area contributed by atoms with Crippen LogP contribution in [0.25, 0.3) is 0 Å². The lowest BCUT2D eigenvalue weighted by Crippen LogP contribution is -2.36. The number of carbonyl (C=O) groups is 2. The lowest BCUT2D eigenvalue weighted by atomic mass is 10.2. The van der Waals surface area contributed by atoms with Crippen molar-refractivity contribution in [3.8, 4) is 0 Å². The molecule has 14 heteroatoms. The number of rotatable bonds is 8. The van der Waals surface area contributed by atoms with Crippen LogP contribution in [0.5, 0.6) is 0 Å². The molecule has 3 rings (SSSR count). The van der Waals surface area contributed by atoms with E-state index in [1.807, 2.05) is 0 Å². The number of benzene rings is 2. The molecule has 0 unspecified atom stereocenters. The molecule has 0 saturated heterocycles. The van der Waals surface area contributed by atoms with Crippen molar-refractivity contribution in [1.29, 1.82) is 0 Å². The maximum absolute atomic E-state index is 12.3. The molecule has 37 heavy (non-hydrogen) atoms. The summed E-state index contributed by atoms with van der Waals surface area (Å²) in [5, 5.41) is 9.61. The molecule has 1 heterocycles. The van der Waals surface area contributed by atoms with Crippen molar-refractivity contribution >= 4 is 35.0 Å². The number of hydrogen-bond acceptors (Lipinski definition) is 6. The van der Waals surface area contributed by atoms with Crippen molar-refractivity contribution in [3.05, 3.63) is 71.4 Å². The molecule has 3 aromatic rings. The zero-order chi connectivity index (χ0) is 27.2. The van der Waals surface area contributed by atoms with E-state index in [2.05, 4.69) is 20.6 Å². The zero-order valence-corrected chi connectivity index (χ0v) is 19.1. The average Bonchev–Trinajstić information content (AvgIpc) is 2.83. The molecule has 2 amide bonds. The summed E-state index contributed by atoms with van der Waals surface area (Å²) in [4.78, 5) is 30.4. The number of nitrogens with one attached hydrogen (secondary N) is 4. The smallest absolute Gasteiger partial charge is 0.344 e. The van der Waals surface area contributed by atoms with Crippen LogP contribution in [0.2, 0.25) is 0 Å². The van der Waals surface area contributed by atoms with E-state index in [4.69, 9.17) is 0 Å². The summed E-state index contributed by atoms with van der Waals surface area (Å²) >= 11 is 0. The average molecular weight is 526 g/mol. The number of aromatic nitrogens is 2. The van der Waals surface area contributed by atoms with Crippen LogP contribution in [0.4, 0.5) is 49.5 Å². The van der Waals surface area contributed by atoms with Gasteiger partial charge in [-0.15, -0.1) is 0 Å². The number of aryl methyl sites for hydroxylation is 1. The lowest BCUT2D eigenvalue weighted by molar-refractivity contribution is -0.173. The summed E-state index contributed by atoms with van der Waals surface area (Å²) < 4.78 is 73.7. The Hall–Kier alpha value is -4.36. The van der Waals surface area contributed by atoms with Gasteiger partial charge in [0.15, 0.2) is 0 Å². The molecule has 0 atom stereocenters. The third-order valence-corrected chi connectivity index (χ3v) is 4.82. The van der Waals surface area contributed by atoms with Crippen LogP contribution in [0.1, 0.15) is 16.7 Å². The topological polar surface area (TPSA) is 108 Å². The molecular formula is C23H20F6N6O2. The number of hydrogen-bond donors (Lipinski definition) is 4. The van der Waals surface area contributed by atoms with Crippen LogP contribution < -0.4 is 21.3 Å². The standard InChI is InChI=1S/C23H20F6N6O2/c1-13-10-32-21(34-17-8-4-15(5-9-17)12-31-20(37)23(27,28)29)35-18(13)33-16-6-2-14(3-7-16)11-30-19(36)22(24,25)26/h2-10H,11-12H2,1H3,(H,30,36)(H,31,37)(H2,32,33,34,35). The fourth-order valence-electron chi connectivity index (χ4n) is 2.87. The minimum atomic E-state index is -4.95. The van der Waals surface area contributed by atoms with Crippen molar-refractivity contribution in [2.24, 2.45) is 0 Å². The molecular weight excluding hydrogens is 506 g/mol. The molecule has 0 aliphatic heterocycles. The largest absolute Gasteiger partial charge is 0.471 e. The highest BCUT2D eigenvalue weighted by Gasteiger charge is 2.38. The van der Waals surface area contributed by atoms with Gasteiger partial charge in [0.05, 0.1) is 0 Å². The fraction of sp³-hybridized carbons (Fsp3) is 0.217. The number of alkyl halides is 6. The SMILES string of the molecule is Cc1cnc(Nc2ccc(CNC(=O)C(F)(F)F)cc2)nc1Nc1ccc(CNC(=O)C(F)(F)F)cc1. The quantitative estimate of drug-likeness (QED) is 0.319. The van der Waals surface area contributed by atoms with Crippen LogP contribution in [-0.4, -0.2) is 34.1 Å². The van der Waals surface area contributed by atoms with E-state index < -0.39 is 24.2 Å². The maximum Gasteiger partial charge on any atom is 0.471 e. The van der Waals surface area contributed by atoms with Crippen LogP contribution in [-0.2, 0) is 22.7 Å². The molecule has 0 radical (unpaired) electrons. The Morgan fingerprint density at radius 3 is 1.59 bits per heavy atom. The van der Waals surface area contributed by atoms with Gasteiger partial charge in [-0.3, -0.25) is 9.59 Å². The van der Waals surface area contributed by atoms with Crippen molar-refractivity contribution in [2.45, 2.75) is 32.4 Å². The van der Waals surface area contributed by atoms with E-state index in [-0.39, 0.29) is 19.0 Å². The van der Waals surface area contributed by atoms with Gasteiger partial charge in [-0.2, -0.15) is 31.3 Å². The van der Waals surface area contributed by atoms with Gasteiger partial charge in [-0.05, 0) is 42.3 Å². The Kier molecular flexibility index (Phi) is 8.20. The summed E-state index contributed by atoms with van der Waals surface area (Å²) in [5.41, 5.74) is 2.75. The molecule has 0 aliphatic carbocycles. The Morgan fingerprint density at radius 2 is 1.16 bits per heavy atom. The van der Waals surface area contributed by atoms with Gasteiger partial charge in [0.2, 0.25) is 5.95 Å². The molecule has 2 aromatic carbocycles. The molecule has 0 fully saturated rings. The first-order chi connectivity index (χ1) is 17.3. The maximum atomic E-state index is 12.3. The zero-order valence-electron chi connectivity index (χ0n) is 19.1. The third-order valence-electron chi connectivity index (χ3n) is 4.82. The number of halogens is 6. The highest BCUT2D eigenvalue weighted by atomic mass is 19.4. The molecule has 4 N–H and O–H groups in total. The predicted octanol–water partition coefficient (Wildman–Crippen LogP) is 4.63. The van der Waals surface area contributed by atoms with Crippen LogP contribution >= 0.6 is 0 Å². The van der Waals surface area contributed by atoms with E-state index >= 15 is 0 Å². The molecule has 1 aromatic heterocycles. The Labute approximate surface area is 206 Å². The van der Waals surface area contributed by atoms with E-state index in [0.29, 0.717) is 33.9 Å². The molecule has 196 valence electrons. The molecule has 8 nitrogen and oxygen atoms in total. The first-order valence-corrected chi connectivity index (χ1v) is 10.6. The summed E-state index contributed by atoms with van der Waals surface area (Å²) in [7, 11) is 0. The van der Waals surface area contributed by atoms with Crippen LogP contribution in [0.3, 0.4) is 0 Å². The number of amides is 2. The van der Waals surface area contributed by atoms with Crippen molar-refractivity contribution < 1.29 is 35.9 Å². The summed E-state index contributed by atoms with van der Waals surface area (Å²) in [5.74, 6) is -3.38. The second-order valence-corrected chi connectivity index (χ2v) is 7.73. The van der Waals surface area contributed by atoms with Gasteiger partial charge >= 0.3 is 24.2 Å². The van der Waals surface area contributed by atoms with Gasteiger partial charge in [0, 0.05) is 36.2 Å². The van der Waals surface area contributed by atoms with Crippen molar-refractivity contribution in [3.63, 3.8) is 0 Å². The molecule has 0 saturated carbocycles. The summed E-state index contributed by atoms with van der Waals surface area (Å²) in [6.45, 7) is 1.19. The van der Waals surface area contributed by atoms with E-state index in [1.54, 1.807) is 60.2 Å². The minimum Gasteiger partial charge on any atom is -0.344 e. The van der Waals surface area contributed by atoms with Crippen LogP contribution in [0.15, 0.2) is 54.7 Å². The summed E-state index contributed by atoms with van der Waals surface area (Å²) in [6.07, 6.45) is -8.35. The van der Waals surface area contributed by atoms with Gasteiger partial charge in [0.1, 0.15) is 5.82 Å². The normalized spacial score (nSPS) is 11.5. The highest BCUT2D eigenvalue weighted by molar-refractivity contribution is 5.82. The van der Waals surface area contributed by atoms with Gasteiger partial charge in [-0.25, -0.2) is 4.98 Å². The van der Waals surface area contributed by atoms with Crippen molar-refractivity contribution in [2.75, 3.05) is 10.6 Å². The third kappa shape index (κ3) is 8.08. The number of carbonyl (C=O) groups excluding carboxylic acids is 2. The Bertz CT molecular complexity index is 1240. The number of nitrogens with zero attached hydrogens (tertiary/aromatic N) is 2. The summed E-state index contributed by atoms with van der Waals surface area (Å²) in [6, 6.07) is 12.6. The van der Waals surface area contributed by atoms with Crippen LogP contribution in [0, 0.1) is 6.92 Å². The molecule has 0 spiro atoms. The monoisotopic (exact) mass is 526 g/mol. The fourth-order valence-corrected chi connectivity index (χ4v) is 2.87. The van der Waals surface area contributed by atoms with E-state index in [9.17, 15) is 35.9 Å². The van der Waals surface area contributed by atoms with Crippen molar-refractivity contribution in [1.82, 2.24) is 20.6 Å². The number of anilines is 4. The minimum absolute atomic E-state index is 0.220. The van der Waals surface area contributed by atoms with Gasteiger partial charge < -0.3 is 21.3 Å². The van der Waals surface area contributed by atoms with Gasteiger partial charge in [0.25, 0.3) is 0 Å². The van der Waals surface area contributed by atoms with E-state index in [1.165, 1.54) is 12.1 Å². The highest BCUT2D eigenvalue weighted by Crippen LogP contribution is 2.22. The van der Waals surface area contributed by atoms with Gasteiger partial charge in [-0.1, -0.05) is 24.3 Å². The first-order valence-electron chi connectivity index (χ1n) is 10.6. The van der Waals surface area contributed by atoms with E-state index in [0.717, 1.165) is 0 Å². The molecule has 0 aliphatic rings. The molecule has 0 bridgehead atoms. The Morgan fingerprint density at radius 1 is 0.730 bits per heavy atom.